The van der Waals surface area contributed by atoms with Crippen molar-refractivity contribution in [2.24, 2.45) is 5.73 Å². The maximum atomic E-state index is 11.9. The number of nitrogens with zero attached hydrogens (tertiary/aromatic N) is 1. The maximum Gasteiger partial charge on any atom is 0.242 e. The normalized spacial score (nSPS) is 12.0. The highest BCUT2D eigenvalue weighted by Crippen LogP contribution is 2.18. The molecule has 0 amide bonds. The number of benzene rings is 1. The lowest BCUT2D eigenvalue weighted by Gasteiger charge is -2.12. The minimum absolute atomic E-state index is 0.341. The zero-order valence-electron chi connectivity index (χ0n) is 10.1. The van der Waals surface area contributed by atoms with Crippen molar-refractivity contribution in [3.05, 3.63) is 29.8 Å². The van der Waals surface area contributed by atoms with Gasteiger partial charge in [-0.3, -0.25) is 0 Å². The molecule has 0 aliphatic rings. The van der Waals surface area contributed by atoms with E-state index < -0.39 is 10.0 Å². The topological polar surface area (TPSA) is 63.4 Å². The van der Waals surface area contributed by atoms with E-state index in [4.69, 9.17) is 5.73 Å². The van der Waals surface area contributed by atoms with E-state index in [0.29, 0.717) is 11.4 Å². The Balaban J connectivity index is 2.86. The molecule has 0 heterocycles. The monoisotopic (exact) mass is 274 g/mol. The summed E-state index contributed by atoms with van der Waals surface area (Å²) in [5.74, 6) is 1.67. The molecule has 0 aliphatic carbocycles. The van der Waals surface area contributed by atoms with Gasteiger partial charge in [-0.15, -0.1) is 0 Å². The molecular weight excluding hydrogens is 256 g/mol. The Morgan fingerprint density at radius 1 is 1.35 bits per heavy atom. The molecule has 0 spiro atoms. The van der Waals surface area contributed by atoms with Crippen LogP contribution >= 0.6 is 11.8 Å². The Morgan fingerprint density at radius 2 is 2.06 bits per heavy atom. The van der Waals surface area contributed by atoms with E-state index in [-0.39, 0.29) is 0 Å². The lowest BCUT2D eigenvalue weighted by Crippen LogP contribution is -2.22. The van der Waals surface area contributed by atoms with E-state index in [1.54, 1.807) is 30.0 Å². The second-order valence-corrected chi connectivity index (χ2v) is 7.03. The maximum absolute atomic E-state index is 11.9. The third kappa shape index (κ3) is 3.99. The van der Waals surface area contributed by atoms with E-state index >= 15 is 0 Å². The summed E-state index contributed by atoms with van der Waals surface area (Å²) in [5, 5.41) is 0. The van der Waals surface area contributed by atoms with Crippen molar-refractivity contribution in [1.29, 1.82) is 0 Å². The van der Waals surface area contributed by atoms with Crippen LogP contribution in [0.25, 0.3) is 0 Å². The predicted octanol–water partition coefficient (Wildman–Crippen LogP) is 1.13. The van der Waals surface area contributed by atoms with Crippen molar-refractivity contribution in [3.8, 4) is 0 Å². The number of thioether (sulfide) groups is 1. The number of sulfonamides is 1. The van der Waals surface area contributed by atoms with Crippen molar-refractivity contribution in [2.45, 2.75) is 10.6 Å². The van der Waals surface area contributed by atoms with Gasteiger partial charge in [0.05, 0.1) is 4.90 Å². The van der Waals surface area contributed by atoms with Crippen molar-refractivity contribution in [3.63, 3.8) is 0 Å². The predicted molar refractivity (Wildman–Crippen MR) is 72.5 cm³/mol. The molecule has 2 N–H and O–H groups in total. The van der Waals surface area contributed by atoms with E-state index in [0.717, 1.165) is 17.1 Å². The molecule has 1 rings (SSSR count). The molecule has 0 aromatic heterocycles. The molecule has 0 saturated heterocycles. The molecule has 17 heavy (non-hydrogen) atoms. The van der Waals surface area contributed by atoms with E-state index in [1.165, 1.54) is 18.4 Å². The van der Waals surface area contributed by atoms with Crippen LogP contribution in [0.4, 0.5) is 0 Å². The van der Waals surface area contributed by atoms with Crippen LogP contribution in [0.15, 0.2) is 29.2 Å². The zero-order chi connectivity index (χ0) is 12.9. The largest absolute Gasteiger partial charge is 0.330 e. The van der Waals surface area contributed by atoms with Crippen LogP contribution in [0.3, 0.4) is 0 Å². The van der Waals surface area contributed by atoms with E-state index in [9.17, 15) is 8.42 Å². The molecule has 0 radical (unpaired) electrons. The fraction of sp³-hybridized carbons (Fsp3) is 0.455. The molecule has 6 heteroatoms. The van der Waals surface area contributed by atoms with Gasteiger partial charge in [-0.05, 0) is 17.7 Å². The van der Waals surface area contributed by atoms with Gasteiger partial charge in [0.1, 0.15) is 0 Å². The average Bonchev–Trinajstić information content (AvgIpc) is 2.29. The summed E-state index contributed by atoms with van der Waals surface area (Å²) in [4.78, 5) is 0.341. The first-order chi connectivity index (χ1) is 7.98. The number of nitrogens with two attached hydrogens (primary N) is 1. The smallest absolute Gasteiger partial charge is 0.242 e. The molecule has 0 unspecified atom stereocenters. The highest BCUT2D eigenvalue weighted by atomic mass is 32.2. The van der Waals surface area contributed by atoms with Gasteiger partial charge < -0.3 is 5.73 Å². The van der Waals surface area contributed by atoms with Crippen molar-refractivity contribution in [2.75, 3.05) is 26.4 Å². The number of hydrogen-bond donors (Lipinski definition) is 1. The Bertz CT molecular complexity index is 458. The first-order valence-corrected chi connectivity index (χ1v) is 7.87. The van der Waals surface area contributed by atoms with E-state index in [2.05, 4.69) is 0 Å². The van der Waals surface area contributed by atoms with Crippen LogP contribution < -0.4 is 5.73 Å². The Labute approximate surface area is 107 Å². The molecule has 0 saturated carbocycles. The van der Waals surface area contributed by atoms with Crippen LogP contribution in [0.5, 0.6) is 0 Å². The Kier molecular flexibility index (Phi) is 5.45. The third-order valence-corrected chi connectivity index (χ3v) is 5.08. The first-order valence-electron chi connectivity index (χ1n) is 5.27. The molecule has 0 bridgehead atoms. The zero-order valence-corrected chi connectivity index (χ0v) is 11.7. The molecule has 0 aliphatic heterocycles. The Morgan fingerprint density at radius 3 is 2.65 bits per heavy atom. The quantitative estimate of drug-likeness (QED) is 0.790. The molecule has 0 atom stereocenters. The summed E-state index contributed by atoms with van der Waals surface area (Å²) in [6.45, 7) is 0.639. The van der Waals surface area contributed by atoms with Crippen LogP contribution in [0, 0.1) is 0 Å². The molecule has 4 nitrogen and oxygen atoms in total. The van der Waals surface area contributed by atoms with Gasteiger partial charge in [0.15, 0.2) is 0 Å². The standard InChI is InChI=1S/C11H18N2O2S2/c1-13(2)17(14,15)11-5-3-4-10(8-11)9-16-7-6-12/h3-5,8H,6-7,9,12H2,1-2H3. The van der Waals surface area contributed by atoms with Crippen molar-refractivity contribution in [1.82, 2.24) is 4.31 Å². The third-order valence-electron chi connectivity index (χ3n) is 2.21. The first kappa shape index (κ1) is 14.5. The van der Waals surface area contributed by atoms with Crippen LogP contribution in [0.1, 0.15) is 5.56 Å². The summed E-state index contributed by atoms with van der Waals surface area (Å²) in [6, 6.07) is 7.04. The van der Waals surface area contributed by atoms with Gasteiger partial charge in [0.25, 0.3) is 0 Å². The summed E-state index contributed by atoms with van der Waals surface area (Å²) < 4.78 is 25.0. The van der Waals surface area contributed by atoms with Gasteiger partial charge in [-0.1, -0.05) is 12.1 Å². The minimum atomic E-state index is -3.33. The van der Waals surface area contributed by atoms with Gasteiger partial charge >= 0.3 is 0 Å². The fourth-order valence-electron chi connectivity index (χ4n) is 1.28. The van der Waals surface area contributed by atoms with Gasteiger partial charge in [0, 0.05) is 32.1 Å². The second-order valence-electron chi connectivity index (χ2n) is 3.78. The van der Waals surface area contributed by atoms with Crippen LogP contribution in [-0.4, -0.2) is 39.1 Å². The molecule has 1 aromatic rings. The van der Waals surface area contributed by atoms with Gasteiger partial charge in [-0.25, -0.2) is 12.7 Å². The SMILES string of the molecule is CN(C)S(=O)(=O)c1cccc(CSCCN)c1. The van der Waals surface area contributed by atoms with Crippen LogP contribution in [0.2, 0.25) is 0 Å². The second kappa shape index (κ2) is 6.39. The van der Waals surface area contributed by atoms with E-state index in [1.807, 2.05) is 6.07 Å². The molecular formula is C11H18N2O2S2. The van der Waals surface area contributed by atoms with Crippen LogP contribution in [-0.2, 0) is 15.8 Å². The van der Waals surface area contributed by atoms with Gasteiger partial charge in [0.2, 0.25) is 10.0 Å². The number of rotatable bonds is 6. The summed E-state index contributed by atoms with van der Waals surface area (Å²) >= 11 is 1.70. The lowest BCUT2D eigenvalue weighted by atomic mass is 10.2. The summed E-state index contributed by atoms with van der Waals surface area (Å²) in [7, 11) is -0.265. The minimum Gasteiger partial charge on any atom is -0.330 e. The summed E-state index contributed by atoms with van der Waals surface area (Å²) in [6.07, 6.45) is 0. The molecule has 1 aromatic carbocycles. The molecule has 0 fully saturated rings. The lowest BCUT2D eigenvalue weighted by molar-refractivity contribution is 0.520. The summed E-state index contributed by atoms with van der Waals surface area (Å²) in [5.41, 5.74) is 6.41. The highest BCUT2D eigenvalue weighted by molar-refractivity contribution is 7.98. The average molecular weight is 274 g/mol. The molecule has 96 valence electrons. The van der Waals surface area contributed by atoms with Crippen molar-refractivity contribution < 1.29 is 8.42 Å². The fourth-order valence-corrected chi connectivity index (χ4v) is 2.98. The number of hydrogen-bond acceptors (Lipinski definition) is 4. The van der Waals surface area contributed by atoms with Gasteiger partial charge in [-0.2, -0.15) is 11.8 Å². The van der Waals surface area contributed by atoms with Crippen molar-refractivity contribution >= 4 is 21.8 Å². The Hall–Kier alpha value is -0.560. The highest BCUT2D eigenvalue weighted by Gasteiger charge is 2.16.